The predicted molar refractivity (Wildman–Crippen MR) is 103 cm³/mol. The number of rotatable bonds is 6. The van der Waals surface area contributed by atoms with Crippen LogP contribution in [0.5, 0.6) is 0 Å². The van der Waals surface area contributed by atoms with Crippen LogP contribution in [0, 0.1) is 0 Å². The Kier molecular flexibility index (Phi) is 5.34. The molecule has 0 aliphatic rings. The number of nitrogens with one attached hydrogen (secondary N) is 1. The molecule has 134 valence electrons. The Bertz CT molecular complexity index is 937. The van der Waals surface area contributed by atoms with Crippen LogP contribution in [-0.2, 0) is 26.7 Å². The Balaban J connectivity index is 1.92. The molecule has 6 heteroatoms. The zero-order chi connectivity index (χ0) is 18.5. The highest BCUT2D eigenvalue weighted by molar-refractivity contribution is 5.38. The van der Waals surface area contributed by atoms with Gasteiger partial charge in [0.15, 0.2) is 0 Å². The van der Waals surface area contributed by atoms with Crippen molar-refractivity contribution < 1.29 is 0 Å². The third-order valence-electron chi connectivity index (χ3n) is 4.35. The van der Waals surface area contributed by atoms with E-state index < -0.39 is 11.2 Å². The van der Waals surface area contributed by atoms with Gasteiger partial charge in [-0.15, -0.1) is 0 Å². The third kappa shape index (κ3) is 4.10. The molecular weight excluding hydrogens is 328 g/mol. The molecule has 0 spiro atoms. The molecule has 6 nitrogen and oxygen atoms in total. The number of hydrogen-bond donors (Lipinski definition) is 2. The van der Waals surface area contributed by atoms with Crippen molar-refractivity contribution in [3.8, 4) is 0 Å². The van der Waals surface area contributed by atoms with E-state index in [1.165, 1.54) is 4.57 Å². The van der Waals surface area contributed by atoms with Crippen LogP contribution in [0.2, 0.25) is 0 Å². The van der Waals surface area contributed by atoms with Crippen LogP contribution in [0.3, 0.4) is 0 Å². The number of nitrogens with two attached hydrogens (primary N) is 1. The molecule has 0 saturated carbocycles. The van der Waals surface area contributed by atoms with Gasteiger partial charge in [-0.25, -0.2) is 4.79 Å². The summed E-state index contributed by atoms with van der Waals surface area (Å²) in [5.74, 6) is 0.199. The van der Waals surface area contributed by atoms with Gasteiger partial charge in [0.1, 0.15) is 5.82 Å². The molecule has 0 fully saturated rings. The van der Waals surface area contributed by atoms with Crippen LogP contribution < -0.4 is 17.0 Å². The zero-order valence-corrected chi connectivity index (χ0v) is 14.7. The minimum Gasteiger partial charge on any atom is -0.385 e. The van der Waals surface area contributed by atoms with E-state index in [1.807, 2.05) is 60.7 Å². The van der Waals surface area contributed by atoms with Gasteiger partial charge < -0.3 is 5.73 Å². The third-order valence-corrected chi connectivity index (χ3v) is 4.35. The molecule has 0 aliphatic heterocycles. The maximum Gasteiger partial charge on any atom is 0.329 e. The quantitative estimate of drug-likeness (QED) is 0.711. The lowest BCUT2D eigenvalue weighted by molar-refractivity contribution is 0.246. The highest BCUT2D eigenvalue weighted by atomic mass is 16.2. The fourth-order valence-electron chi connectivity index (χ4n) is 2.91. The Morgan fingerprint density at radius 2 is 1.38 bits per heavy atom. The molecule has 3 N–H and O–H groups in total. The highest BCUT2D eigenvalue weighted by Gasteiger charge is 2.15. The van der Waals surface area contributed by atoms with Crippen molar-refractivity contribution in [1.82, 2.24) is 14.5 Å². The Morgan fingerprint density at radius 1 is 0.885 bits per heavy atom. The van der Waals surface area contributed by atoms with E-state index in [4.69, 9.17) is 5.73 Å². The topological polar surface area (TPSA) is 84.1 Å². The van der Waals surface area contributed by atoms with Crippen molar-refractivity contribution in [3.63, 3.8) is 0 Å². The van der Waals surface area contributed by atoms with E-state index in [2.05, 4.69) is 9.88 Å². The number of benzene rings is 2. The van der Waals surface area contributed by atoms with Crippen LogP contribution in [-0.4, -0.2) is 14.5 Å². The van der Waals surface area contributed by atoms with Crippen molar-refractivity contribution in [3.05, 3.63) is 98.2 Å². The van der Waals surface area contributed by atoms with Gasteiger partial charge in [-0.05, 0) is 11.1 Å². The molecule has 0 aliphatic carbocycles. The molecule has 0 atom stereocenters. The molecule has 0 amide bonds. The molecule has 0 bridgehead atoms. The Morgan fingerprint density at radius 3 is 1.88 bits per heavy atom. The molecule has 0 unspecified atom stereocenters. The first-order valence-electron chi connectivity index (χ1n) is 8.42. The summed E-state index contributed by atoms with van der Waals surface area (Å²) in [6, 6.07) is 20.1. The Labute approximate surface area is 151 Å². The minimum absolute atomic E-state index is 0.199. The van der Waals surface area contributed by atoms with E-state index >= 15 is 0 Å². The molecule has 3 rings (SSSR count). The lowest BCUT2D eigenvalue weighted by atomic mass is 10.1. The summed E-state index contributed by atoms with van der Waals surface area (Å²) in [5, 5.41) is 0. The van der Waals surface area contributed by atoms with E-state index in [-0.39, 0.29) is 5.82 Å². The number of nitrogens with zero attached hydrogens (tertiary/aromatic N) is 2. The van der Waals surface area contributed by atoms with Crippen LogP contribution in [0.15, 0.2) is 70.3 Å². The van der Waals surface area contributed by atoms with Crippen molar-refractivity contribution in [1.29, 1.82) is 0 Å². The summed E-state index contributed by atoms with van der Waals surface area (Å²) in [4.78, 5) is 28.4. The molecular formula is C20H22N4O2. The van der Waals surface area contributed by atoms with E-state index in [1.54, 1.807) is 7.05 Å². The summed E-state index contributed by atoms with van der Waals surface area (Å²) < 4.78 is 1.26. The normalized spacial score (nSPS) is 11.0. The van der Waals surface area contributed by atoms with E-state index in [0.717, 1.165) is 11.1 Å². The first-order chi connectivity index (χ1) is 12.5. The first kappa shape index (κ1) is 17.7. The highest BCUT2D eigenvalue weighted by Crippen LogP contribution is 2.14. The average molecular weight is 350 g/mol. The van der Waals surface area contributed by atoms with Gasteiger partial charge in [0, 0.05) is 26.7 Å². The fraction of sp³-hybridized carbons (Fsp3) is 0.200. The number of H-pyrrole nitrogens is 1. The summed E-state index contributed by atoms with van der Waals surface area (Å²) in [5.41, 5.74) is 7.78. The van der Waals surface area contributed by atoms with Crippen LogP contribution in [0.4, 0.5) is 5.82 Å². The molecule has 0 radical (unpaired) electrons. The largest absolute Gasteiger partial charge is 0.385 e. The monoisotopic (exact) mass is 350 g/mol. The van der Waals surface area contributed by atoms with E-state index in [9.17, 15) is 9.59 Å². The number of aromatic amines is 1. The summed E-state index contributed by atoms with van der Waals surface area (Å²) in [6.07, 6.45) is 0. The summed E-state index contributed by atoms with van der Waals surface area (Å²) in [6.45, 7) is 1.67. The summed E-state index contributed by atoms with van der Waals surface area (Å²) >= 11 is 0. The van der Waals surface area contributed by atoms with Crippen LogP contribution in [0.25, 0.3) is 0 Å². The van der Waals surface area contributed by atoms with Gasteiger partial charge >= 0.3 is 5.69 Å². The molecule has 26 heavy (non-hydrogen) atoms. The lowest BCUT2D eigenvalue weighted by Gasteiger charge is -2.23. The molecule has 3 aromatic rings. The second kappa shape index (κ2) is 7.84. The van der Waals surface area contributed by atoms with Gasteiger partial charge in [0.25, 0.3) is 5.56 Å². The van der Waals surface area contributed by atoms with Gasteiger partial charge in [-0.2, -0.15) is 0 Å². The zero-order valence-electron chi connectivity index (χ0n) is 14.7. The van der Waals surface area contributed by atoms with Crippen LogP contribution >= 0.6 is 0 Å². The van der Waals surface area contributed by atoms with Gasteiger partial charge in [-0.3, -0.25) is 19.2 Å². The fourth-order valence-corrected chi connectivity index (χ4v) is 2.91. The maximum atomic E-state index is 12.3. The van der Waals surface area contributed by atoms with Gasteiger partial charge in [0.2, 0.25) is 0 Å². The first-order valence-corrected chi connectivity index (χ1v) is 8.42. The molecule has 0 saturated heterocycles. The molecule has 1 aromatic heterocycles. The number of aromatic nitrogens is 2. The minimum atomic E-state index is -0.506. The average Bonchev–Trinajstić information content (AvgIpc) is 2.65. The number of nitrogen functional groups attached to an aromatic ring is 1. The SMILES string of the molecule is Cn1c(N)c(CN(Cc2ccccc2)Cc2ccccc2)c(=O)[nH]c1=O. The van der Waals surface area contributed by atoms with Gasteiger partial charge in [0.05, 0.1) is 5.56 Å². The Hall–Kier alpha value is -3.12. The maximum absolute atomic E-state index is 12.3. The predicted octanol–water partition coefficient (Wildman–Crippen LogP) is 1.86. The van der Waals surface area contributed by atoms with Crippen molar-refractivity contribution in [2.75, 3.05) is 5.73 Å². The van der Waals surface area contributed by atoms with Crippen molar-refractivity contribution in [2.45, 2.75) is 19.6 Å². The second-order valence-corrected chi connectivity index (χ2v) is 6.30. The van der Waals surface area contributed by atoms with E-state index in [0.29, 0.717) is 25.2 Å². The van der Waals surface area contributed by atoms with Crippen LogP contribution in [0.1, 0.15) is 16.7 Å². The molecule has 1 heterocycles. The second-order valence-electron chi connectivity index (χ2n) is 6.30. The number of hydrogen-bond acceptors (Lipinski definition) is 4. The number of anilines is 1. The standard InChI is InChI=1S/C20H22N4O2/c1-23-18(21)17(19(25)22-20(23)26)14-24(12-15-8-4-2-5-9-15)13-16-10-6-3-7-11-16/h2-11H,12-14,21H2,1H3,(H,22,25,26). The smallest absolute Gasteiger partial charge is 0.329 e. The molecule has 2 aromatic carbocycles. The van der Waals surface area contributed by atoms with Crippen molar-refractivity contribution in [2.24, 2.45) is 7.05 Å². The lowest BCUT2D eigenvalue weighted by Crippen LogP contribution is -2.35. The summed E-state index contributed by atoms with van der Waals surface area (Å²) in [7, 11) is 1.55. The van der Waals surface area contributed by atoms with Gasteiger partial charge in [-0.1, -0.05) is 60.7 Å². The van der Waals surface area contributed by atoms with Crippen molar-refractivity contribution >= 4 is 5.82 Å².